The zero-order chi connectivity index (χ0) is 15.3. The Morgan fingerprint density at radius 2 is 1.70 bits per heavy atom. The van der Waals surface area contributed by atoms with Gasteiger partial charge < -0.3 is 9.47 Å². The lowest BCUT2D eigenvalue weighted by Crippen LogP contribution is -2.20. The van der Waals surface area contributed by atoms with Crippen LogP contribution < -0.4 is 4.74 Å². The molecule has 0 fully saturated rings. The molecule has 0 aromatic heterocycles. The normalized spacial score (nSPS) is 13.2. The Hall–Kier alpha value is -1.40. The molecule has 1 rings (SSSR count). The zero-order valence-corrected chi connectivity index (χ0v) is 12.9. The molecule has 0 N–H and O–H groups in total. The number of sulfone groups is 1. The number of ether oxygens (including phenoxy) is 2. The summed E-state index contributed by atoms with van der Waals surface area (Å²) in [6.45, 7) is 6.81. The molecule has 0 spiro atoms. The van der Waals surface area contributed by atoms with Crippen LogP contribution in [0.1, 0.15) is 27.7 Å². The molecule has 0 saturated heterocycles. The van der Waals surface area contributed by atoms with E-state index >= 15 is 0 Å². The molecule has 112 valence electrons. The van der Waals surface area contributed by atoms with Gasteiger partial charge in [-0.05, 0) is 52.0 Å². The second-order valence-corrected chi connectivity index (χ2v) is 6.79. The van der Waals surface area contributed by atoms with Crippen LogP contribution in [0, 0.1) is 0 Å². The third-order valence-electron chi connectivity index (χ3n) is 2.34. The van der Waals surface area contributed by atoms with E-state index in [-0.39, 0.29) is 16.8 Å². The largest absolute Gasteiger partial charge is 0.465 e. The first-order chi connectivity index (χ1) is 9.20. The van der Waals surface area contributed by atoms with Gasteiger partial charge in [0.25, 0.3) is 0 Å². The van der Waals surface area contributed by atoms with Gasteiger partial charge >= 0.3 is 0 Å². The summed E-state index contributed by atoms with van der Waals surface area (Å²) in [6.07, 6.45) is -0.380. The number of rotatable bonds is 7. The van der Waals surface area contributed by atoms with Crippen LogP contribution >= 0.6 is 0 Å². The van der Waals surface area contributed by atoms with Crippen LogP contribution in [0.2, 0.25) is 0 Å². The summed E-state index contributed by atoms with van der Waals surface area (Å²) < 4.78 is 34.6. The van der Waals surface area contributed by atoms with Gasteiger partial charge in [-0.15, -0.1) is 0 Å². The molecule has 20 heavy (non-hydrogen) atoms. The van der Waals surface area contributed by atoms with Crippen LogP contribution in [0.4, 0.5) is 0 Å². The van der Waals surface area contributed by atoms with Crippen molar-refractivity contribution < 1.29 is 22.7 Å². The third-order valence-corrected chi connectivity index (χ3v) is 4.12. The van der Waals surface area contributed by atoms with E-state index in [0.717, 1.165) is 0 Å². The van der Waals surface area contributed by atoms with E-state index in [2.05, 4.69) is 0 Å². The molecule has 1 atom stereocenters. The SMILES string of the molecule is CC(=O)CS(=O)(=O)c1ccc(OC(C)OC(C)C)cc1. The van der Waals surface area contributed by atoms with Gasteiger partial charge in [0, 0.05) is 0 Å². The van der Waals surface area contributed by atoms with Crippen molar-refractivity contribution in [3.05, 3.63) is 24.3 Å². The van der Waals surface area contributed by atoms with Gasteiger partial charge in [-0.2, -0.15) is 0 Å². The maximum atomic E-state index is 11.8. The summed E-state index contributed by atoms with van der Waals surface area (Å²) in [4.78, 5) is 11.0. The third kappa shape index (κ3) is 5.30. The highest BCUT2D eigenvalue weighted by Crippen LogP contribution is 2.18. The minimum atomic E-state index is -3.56. The summed E-state index contributed by atoms with van der Waals surface area (Å²) in [7, 11) is -3.56. The number of ketones is 1. The topological polar surface area (TPSA) is 69.7 Å². The highest BCUT2D eigenvalue weighted by molar-refractivity contribution is 7.92. The van der Waals surface area contributed by atoms with E-state index in [1.807, 2.05) is 13.8 Å². The Balaban J connectivity index is 2.76. The monoisotopic (exact) mass is 300 g/mol. The second-order valence-electron chi connectivity index (χ2n) is 4.80. The average molecular weight is 300 g/mol. The highest BCUT2D eigenvalue weighted by atomic mass is 32.2. The van der Waals surface area contributed by atoms with E-state index in [4.69, 9.17) is 9.47 Å². The molecule has 1 unspecified atom stereocenters. The van der Waals surface area contributed by atoms with E-state index < -0.39 is 21.9 Å². The van der Waals surface area contributed by atoms with Gasteiger partial charge in [-0.3, -0.25) is 4.79 Å². The Bertz CT molecular complexity index is 545. The zero-order valence-electron chi connectivity index (χ0n) is 12.1. The summed E-state index contributed by atoms with van der Waals surface area (Å²) in [6, 6.07) is 5.95. The second kappa shape index (κ2) is 6.85. The first-order valence-corrected chi connectivity index (χ1v) is 8.00. The molecule has 5 nitrogen and oxygen atoms in total. The van der Waals surface area contributed by atoms with Crippen molar-refractivity contribution in [2.75, 3.05) is 5.75 Å². The number of carbonyl (C=O) groups excluding carboxylic acids is 1. The van der Waals surface area contributed by atoms with E-state index in [1.54, 1.807) is 19.1 Å². The quantitative estimate of drug-likeness (QED) is 0.722. The highest BCUT2D eigenvalue weighted by Gasteiger charge is 2.17. The maximum absolute atomic E-state index is 11.8. The molecule has 0 radical (unpaired) electrons. The number of Topliss-reactive ketones (excluding diaryl/α,β-unsaturated/α-hetero) is 1. The van der Waals surface area contributed by atoms with Crippen molar-refractivity contribution >= 4 is 15.6 Å². The molecule has 0 saturated carbocycles. The van der Waals surface area contributed by atoms with Gasteiger partial charge in [-0.25, -0.2) is 8.42 Å². The lowest BCUT2D eigenvalue weighted by Gasteiger charge is -2.17. The van der Waals surface area contributed by atoms with Crippen LogP contribution in [0.3, 0.4) is 0 Å². The Labute approximate surface area is 119 Å². The lowest BCUT2D eigenvalue weighted by atomic mass is 10.3. The molecular weight excluding hydrogens is 280 g/mol. The Kier molecular flexibility index (Phi) is 5.71. The van der Waals surface area contributed by atoms with Gasteiger partial charge in [0.05, 0.1) is 11.0 Å². The molecule has 1 aromatic carbocycles. The molecule has 6 heteroatoms. The van der Waals surface area contributed by atoms with Gasteiger partial charge in [-0.1, -0.05) is 0 Å². The molecular formula is C14H20O5S. The van der Waals surface area contributed by atoms with Gasteiger partial charge in [0.15, 0.2) is 16.1 Å². The first kappa shape index (κ1) is 16.7. The molecule has 0 amide bonds. The van der Waals surface area contributed by atoms with Crippen LogP contribution in [0.25, 0.3) is 0 Å². The fourth-order valence-electron chi connectivity index (χ4n) is 1.68. The predicted molar refractivity (Wildman–Crippen MR) is 75.5 cm³/mol. The maximum Gasteiger partial charge on any atom is 0.197 e. The van der Waals surface area contributed by atoms with E-state index in [0.29, 0.717) is 5.75 Å². The van der Waals surface area contributed by atoms with Crippen LogP contribution in [0.15, 0.2) is 29.2 Å². The summed E-state index contributed by atoms with van der Waals surface area (Å²) >= 11 is 0. The van der Waals surface area contributed by atoms with Gasteiger partial charge in [0.1, 0.15) is 17.3 Å². The number of hydrogen-bond donors (Lipinski definition) is 0. The van der Waals surface area contributed by atoms with E-state index in [9.17, 15) is 13.2 Å². The van der Waals surface area contributed by atoms with Crippen molar-refractivity contribution in [3.63, 3.8) is 0 Å². The number of benzene rings is 1. The smallest absolute Gasteiger partial charge is 0.197 e. The number of carbonyl (C=O) groups is 1. The molecule has 0 aliphatic rings. The molecule has 0 heterocycles. The van der Waals surface area contributed by atoms with Crippen molar-refractivity contribution in [1.29, 1.82) is 0 Å². The molecule has 0 bridgehead atoms. The van der Waals surface area contributed by atoms with Gasteiger partial charge in [0.2, 0.25) is 0 Å². The first-order valence-electron chi connectivity index (χ1n) is 6.35. The summed E-state index contributed by atoms with van der Waals surface area (Å²) in [5.74, 6) is -0.357. The average Bonchev–Trinajstić information content (AvgIpc) is 2.26. The standard InChI is InChI=1S/C14H20O5S/c1-10(2)18-12(4)19-13-5-7-14(8-6-13)20(16,17)9-11(3)15/h5-8,10,12H,9H2,1-4H3. The molecule has 0 aliphatic heterocycles. The Morgan fingerprint density at radius 1 is 1.15 bits per heavy atom. The van der Waals surface area contributed by atoms with Crippen molar-refractivity contribution in [1.82, 2.24) is 0 Å². The van der Waals surface area contributed by atoms with Crippen LogP contribution in [-0.2, 0) is 19.4 Å². The van der Waals surface area contributed by atoms with Crippen LogP contribution in [0.5, 0.6) is 5.75 Å². The fraction of sp³-hybridized carbons (Fsp3) is 0.500. The molecule has 1 aromatic rings. The minimum Gasteiger partial charge on any atom is -0.465 e. The van der Waals surface area contributed by atoms with Crippen molar-refractivity contribution in [3.8, 4) is 5.75 Å². The van der Waals surface area contributed by atoms with Crippen molar-refractivity contribution in [2.24, 2.45) is 0 Å². The van der Waals surface area contributed by atoms with E-state index in [1.165, 1.54) is 19.1 Å². The Morgan fingerprint density at radius 3 is 2.15 bits per heavy atom. The van der Waals surface area contributed by atoms with Crippen LogP contribution in [-0.4, -0.2) is 32.3 Å². The summed E-state index contributed by atoms with van der Waals surface area (Å²) in [5.41, 5.74) is 0. The summed E-state index contributed by atoms with van der Waals surface area (Å²) in [5, 5.41) is 0. The minimum absolute atomic E-state index is 0.0419. The number of hydrogen-bond acceptors (Lipinski definition) is 5. The molecule has 0 aliphatic carbocycles. The van der Waals surface area contributed by atoms with Crippen molar-refractivity contribution in [2.45, 2.75) is 45.0 Å². The lowest BCUT2D eigenvalue weighted by molar-refractivity contribution is -0.114. The fourth-order valence-corrected chi connectivity index (χ4v) is 2.93. The predicted octanol–water partition coefficient (Wildman–Crippen LogP) is 2.20.